The molecule has 0 aromatic heterocycles. The van der Waals surface area contributed by atoms with E-state index in [9.17, 15) is 4.79 Å². The van der Waals surface area contributed by atoms with Crippen LogP contribution < -0.4 is 0 Å². The summed E-state index contributed by atoms with van der Waals surface area (Å²) in [6.45, 7) is 2.18. The van der Waals surface area contributed by atoms with Gasteiger partial charge < -0.3 is 4.74 Å². The molecule has 2 aromatic rings. The molecule has 0 radical (unpaired) electrons. The zero-order valence-electron chi connectivity index (χ0n) is 13.5. The van der Waals surface area contributed by atoms with Crippen LogP contribution in [0.1, 0.15) is 24.2 Å². The summed E-state index contributed by atoms with van der Waals surface area (Å²) in [7, 11) is 1.41. The molecule has 23 heavy (non-hydrogen) atoms. The normalized spacial score (nSPS) is 13.7. The van der Waals surface area contributed by atoms with Crippen molar-refractivity contribution in [1.82, 2.24) is 0 Å². The lowest BCUT2D eigenvalue weighted by Gasteiger charge is -2.22. The highest BCUT2D eigenvalue weighted by Crippen LogP contribution is 2.41. The SMILES string of the molecule is COC(=O)C/C=C/[C@@H](C)[C@H](Sc1ccccc1)c1ccccc1. The lowest BCUT2D eigenvalue weighted by molar-refractivity contribution is -0.139. The van der Waals surface area contributed by atoms with Crippen molar-refractivity contribution in [3.63, 3.8) is 0 Å². The van der Waals surface area contributed by atoms with Crippen LogP contribution in [0.25, 0.3) is 0 Å². The Morgan fingerprint density at radius 3 is 2.30 bits per heavy atom. The number of hydrogen-bond acceptors (Lipinski definition) is 3. The van der Waals surface area contributed by atoms with Crippen LogP contribution in [-0.2, 0) is 9.53 Å². The average Bonchev–Trinajstić information content (AvgIpc) is 2.61. The Morgan fingerprint density at radius 2 is 1.70 bits per heavy atom. The van der Waals surface area contributed by atoms with Crippen LogP contribution in [0.5, 0.6) is 0 Å². The molecular formula is C20H22O2S. The first-order chi connectivity index (χ1) is 11.2. The molecule has 120 valence electrons. The lowest BCUT2D eigenvalue weighted by atomic mass is 9.99. The minimum atomic E-state index is -0.208. The van der Waals surface area contributed by atoms with Gasteiger partial charge in [-0.05, 0) is 23.6 Å². The van der Waals surface area contributed by atoms with E-state index in [0.717, 1.165) is 0 Å². The smallest absolute Gasteiger partial charge is 0.309 e. The third kappa shape index (κ3) is 5.61. The van der Waals surface area contributed by atoms with Crippen molar-refractivity contribution < 1.29 is 9.53 Å². The van der Waals surface area contributed by atoms with Crippen molar-refractivity contribution in [3.8, 4) is 0 Å². The molecule has 3 heteroatoms. The van der Waals surface area contributed by atoms with Gasteiger partial charge in [0.25, 0.3) is 0 Å². The molecule has 0 aliphatic carbocycles. The summed E-state index contributed by atoms with van der Waals surface area (Å²) in [5.74, 6) is 0.0904. The van der Waals surface area contributed by atoms with Crippen molar-refractivity contribution in [3.05, 3.63) is 78.4 Å². The van der Waals surface area contributed by atoms with Crippen LogP contribution in [0.15, 0.2) is 77.7 Å². The van der Waals surface area contributed by atoms with E-state index < -0.39 is 0 Å². The van der Waals surface area contributed by atoms with E-state index in [2.05, 4.69) is 66.3 Å². The predicted molar refractivity (Wildman–Crippen MR) is 96.4 cm³/mol. The van der Waals surface area contributed by atoms with Crippen molar-refractivity contribution >= 4 is 17.7 Å². The molecule has 0 fully saturated rings. The summed E-state index contributed by atoms with van der Waals surface area (Å²) in [6.07, 6.45) is 4.32. The largest absolute Gasteiger partial charge is 0.469 e. The maximum atomic E-state index is 11.2. The molecule has 0 aliphatic rings. The van der Waals surface area contributed by atoms with Gasteiger partial charge in [0.1, 0.15) is 0 Å². The Morgan fingerprint density at radius 1 is 1.09 bits per heavy atom. The van der Waals surface area contributed by atoms with Crippen LogP contribution in [-0.4, -0.2) is 13.1 Å². The third-order valence-electron chi connectivity index (χ3n) is 3.56. The number of allylic oxidation sites excluding steroid dienone is 1. The molecule has 0 saturated heterocycles. The zero-order chi connectivity index (χ0) is 16.5. The average molecular weight is 326 g/mol. The second kappa shape index (κ2) is 9.21. The van der Waals surface area contributed by atoms with Crippen molar-refractivity contribution in [2.75, 3.05) is 7.11 Å². The van der Waals surface area contributed by atoms with E-state index in [0.29, 0.717) is 17.6 Å². The van der Waals surface area contributed by atoms with E-state index in [-0.39, 0.29) is 5.97 Å². The highest BCUT2D eigenvalue weighted by Gasteiger charge is 2.18. The van der Waals surface area contributed by atoms with E-state index in [1.54, 1.807) is 0 Å². The van der Waals surface area contributed by atoms with Crippen LogP contribution in [0, 0.1) is 5.92 Å². The summed E-state index contributed by atoms with van der Waals surface area (Å²) in [4.78, 5) is 12.5. The minimum Gasteiger partial charge on any atom is -0.469 e. The van der Waals surface area contributed by atoms with Gasteiger partial charge in [0, 0.05) is 10.1 Å². The molecule has 2 atom stereocenters. The maximum Gasteiger partial charge on any atom is 0.309 e. The molecule has 0 unspecified atom stereocenters. The molecule has 0 amide bonds. The molecule has 0 saturated carbocycles. The number of esters is 1. The number of ether oxygens (including phenoxy) is 1. The quantitative estimate of drug-likeness (QED) is 0.393. The van der Waals surface area contributed by atoms with Gasteiger partial charge in [0.2, 0.25) is 0 Å². The van der Waals surface area contributed by atoms with Crippen molar-refractivity contribution in [2.24, 2.45) is 5.92 Å². The summed E-state index contributed by atoms with van der Waals surface area (Å²) in [5, 5.41) is 0.299. The fourth-order valence-corrected chi connectivity index (χ4v) is 3.54. The summed E-state index contributed by atoms with van der Waals surface area (Å²) >= 11 is 1.85. The number of benzene rings is 2. The first-order valence-corrected chi connectivity index (χ1v) is 8.59. The van der Waals surface area contributed by atoms with Gasteiger partial charge in [-0.15, -0.1) is 11.8 Å². The Labute approximate surface area is 142 Å². The number of rotatable bonds is 7. The predicted octanol–water partition coefficient (Wildman–Crippen LogP) is 5.28. The Kier molecular flexibility index (Phi) is 6.95. The first kappa shape index (κ1) is 17.4. The van der Waals surface area contributed by atoms with Crippen LogP contribution >= 0.6 is 11.8 Å². The van der Waals surface area contributed by atoms with Gasteiger partial charge in [0.05, 0.1) is 13.5 Å². The Bertz CT molecular complexity index is 623. The maximum absolute atomic E-state index is 11.2. The van der Waals surface area contributed by atoms with Gasteiger partial charge in [-0.3, -0.25) is 4.79 Å². The first-order valence-electron chi connectivity index (χ1n) is 7.71. The number of thioether (sulfide) groups is 1. The zero-order valence-corrected chi connectivity index (χ0v) is 14.3. The summed E-state index contributed by atoms with van der Waals surface area (Å²) in [5.41, 5.74) is 1.29. The summed E-state index contributed by atoms with van der Waals surface area (Å²) < 4.78 is 4.68. The van der Waals surface area contributed by atoms with Gasteiger partial charge in [0.15, 0.2) is 0 Å². The van der Waals surface area contributed by atoms with Crippen LogP contribution in [0.4, 0.5) is 0 Å². The molecular weight excluding hydrogens is 304 g/mol. The topological polar surface area (TPSA) is 26.3 Å². The van der Waals surface area contributed by atoms with Gasteiger partial charge >= 0.3 is 5.97 Å². The highest BCUT2D eigenvalue weighted by molar-refractivity contribution is 7.99. The number of hydrogen-bond donors (Lipinski definition) is 0. The lowest BCUT2D eigenvalue weighted by Crippen LogP contribution is -2.05. The monoisotopic (exact) mass is 326 g/mol. The van der Waals surface area contributed by atoms with Crippen LogP contribution in [0.2, 0.25) is 0 Å². The van der Waals surface area contributed by atoms with Crippen molar-refractivity contribution in [1.29, 1.82) is 0 Å². The number of methoxy groups -OCH3 is 1. The van der Waals surface area contributed by atoms with Gasteiger partial charge in [-0.2, -0.15) is 0 Å². The second-order valence-electron chi connectivity index (χ2n) is 5.33. The van der Waals surface area contributed by atoms with Crippen LogP contribution in [0.3, 0.4) is 0 Å². The molecule has 0 spiro atoms. The standard InChI is InChI=1S/C20H22O2S/c1-16(10-9-15-19(21)22-2)20(17-11-5-3-6-12-17)23-18-13-7-4-8-14-18/h3-14,16,20H,15H2,1-2H3/b10-9+/t16-,20+/m1/s1. The molecule has 0 heterocycles. The van der Waals surface area contributed by atoms with E-state index in [1.807, 2.05) is 30.0 Å². The molecule has 0 aliphatic heterocycles. The van der Waals surface area contributed by atoms with E-state index >= 15 is 0 Å². The minimum absolute atomic E-state index is 0.208. The molecule has 2 nitrogen and oxygen atoms in total. The summed E-state index contributed by atoms with van der Waals surface area (Å²) in [6, 6.07) is 20.9. The third-order valence-corrected chi connectivity index (χ3v) is 5.06. The highest BCUT2D eigenvalue weighted by atomic mass is 32.2. The Hall–Kier alpha value is -2.00. The number of carbonyl (C=O) groups is 1. The number of carbonyl (C=O) groups excluding carboxylic acids is 1. The Balaban J connectivity index is 2.14. The van der Waals surface area contributed by atoms with Gasteiger partial charge in [-0.25, -0.2) is 0 Å². The molecule has 0 bridgehead atoms. The van der Waals surface area contributed by atoms with Gasteiger partial charge in [-0.1, -0.05) is 67.6 Å². The molecule has 0 N–H and O–H groups in total. The second-order valence-corrected chi connectivity index (χ2v) is 6.54. The molecule has 2 aromatic carbocycles. The van der Waals surface area contributed by atoms with E-state index in [1.165, 1.54) is 17.6 Å². The van der Waals surface area contributed by atoms with E-state index in [4.69, 9.17) is 0 Å². The van der Waals surface area contributed by atoms with Crippen molar-refractivity contribution in [2.45, 2.75) is 23.5 Å². The fourth-order valence-electron chi connectivity index (χ4n) is 2.33. The molecule has 2 rings (SSSR count). The fraction of sp³-hybridized carbons (Fsp3) is 0.250.